The molecule has 2 amide bonds. The molecule has 178 valence electrons. The van der Waals surface area contributed by atoms with Crippen LogP contribution in [-0.2, 0) is 6.54 Å². The van der Waals surface area contributed by atoms with Crippen molar-refractivity contribution in [2.45, 2.75) is 50.6 Å². The number of halogens is 2. The third-order valence-electron chi connectivity index (χ3n) is 7.47. The number of aromatic nitrogens is 1. The SMILES string of the molecule is CN(C)C1CCN(C(=O)c2ccc3c(c2)cc(C(=O)N2CCC(F)(F)CC2)n3CC2CC2)C1. The van der Waals surface area contributed by atoms with Gasteiger partial charge in [-0.3, -0.25) is 9.59 Å². The molecule has 2 saturated heterocycles. The van der Waals surface area contributed by atoms with Crippen LogP contribution in [0, 0.1) is 5.92 Å². The first kappa shape index (κ1) is 22.3. The van der Waals surface area contributed by atoms with Crippen LogP contribution in [-0.4, -0.2) is 83.3 Å². The lowest BCUT2D eigenvalue weighted by molar-refractivity contribution is -0.0495. The van der Waals surface area contributed by atoms with Crippen LogP contribution < -0.4 is 0 Å². The summed E-state index contributed by atoms with van der Waals surface area (Å²) in [4.78, 5) is 32.0. The van der Waals surface area contributed by atoms with Crippen LogP contribution in [0.3, 0.4) is 0 Å². The van der Waals surface area contributed by atoms with E-state index in [4.69, 9.17) is 0 Å². The van der Waals surface area contributed by atoms with Crippen LogP contribution >= 0.6 is 0 Å². The minimum absolute atomic E-state index is 0.0160. The van der Waals surface area contributed by atoms with Gasteiger partial charge in [0.15, 0.2) is 0 Å². The quantitative estimate of drug-likeness (QED) is 0.687. The molecule has 1 unspecified atom stereocenters. The maximum atomic E-state index is 13.6. The van der Waals surface area contributed by atoms with E-state index in [2.05, 4.69) is 4.90 Å². The molecule has 2 aromatic rings. The van der Waals surface area contributed by atoms with Gasteiger partial charge in [-0.05, 0) is 63.5 Å². The Kier molecular flexibility index (Phi) is 5.67. The number of rotatable bonds is 5. The van der Waals surface area contributed by atoms with Gasteiger partial charge in [-0.15, -0.1) is 0 Å². The molecular weight excluding hydrogens is 426 g/mol. The summed E-state index contributed by atoms with van der Waals surface area (Å²) in [6.45, 7) is 2.35. The summed E-state index contributed by atoms with van der Waals surface area (Å²) >= 11 is 0. The van der Waals surface area contributed by atoms with Gasteiger partial charge in [0.2, 0.25) is 0 Å². The van der Waals surface area contributed by atoms with E-state index in [1.54, 1.807) is 4.90 Å². The predicted molar refractivity (Wildman–Crippen MR) is 123 cm³/mol. The van der Waals surface area contributed by atoms with Crippen LogP contribution in [0.1, 0.15) is 53.0 Å². The second kappa shape index (κ2) is 8.38. The third-order valence-corrected chi connectivity index (χ3v) is 7.47. The summed E-state index contributed by atoms with van der Waals surface area (Å²) in [7, 11) is 4.07. The number of carbonyl (C=O) groups is 2. The van der Waals surface area contributed by atoms with Crippen molar-refractivity contribution in [3.8, 4) is 0 Å². The van der Waals surface area contributed by atoms with Gasteiger partial charge in [0.25, 0.3) is 17.7 Å². The number of fused-ring (bicyclic) bond motifs is 1. The molecule has 0 N–H and O–H groups in total. The van der Waals surface area contributed by atoms with Gasteiger partial charge in [0.1, 0.15) is 5.69 Å². The smallest absolute Gasteiger partial charge is 0.270 e. The molecule has 5 rings (SSSR count). The molecule has 2 aliphatic heterocycles. The van der Waals surface area contributed by atoms with Gasteiger partial charge in [-0.1, -0.05) is 0 Å². The predicted octanol–water partition coefficient (Wildman–Crippen LogP) is 3.70. The van der Waals surface area contributed by atoms with Crippen LogP contribution in [0.15, 0.2) is 24.3 Å². The highest BCUT2D eigenvalue weighted by atomic mass is 19.3. The number of amides is 2. The van der Waals surface area contributed by atoms with Gasteiger partial charge >= 0.3 is 0 Å². The summed E-state index contributed by atoms with van der Waals surface area (Å²) in [5.41, 5.74) is 2.10. The van der Waals surface area contributed by atoms with Gasteiger partial charge in [-0.25, -0.2) is 8.78 Å². The molecule has 0 radical (unpaired) electrons. The highest BCUT2D eigenvalue weighted by molar-refractivity contribution is 6.02. The van der Waals surface area contributed by atoms with E-state index in [-0.39, 0.29) is 37.7 Å². The van der Waals surface area contributed by atoms with Crippen molar-refractivity contribution in [2.24, 2.45) is 5.92 Å². The Balaban J connectivity index is 1.42. The standard InChI is InChI=1S/C25H32F2N4O2/c1-28(2)20-7-10-30(16-20)23(32)18-5-6-21-19(13-18)14-22(31(21)15-17-3-4-17)24(33)29-11-8-25(26,27)9-12-29/h5-6,13-14,17,20H,3-4,7-12,15-16H2,1-2H3. The van der Waals surface area contributed by atoms with E-state index in [0.717, 1.165) is 49.8 Å². The highest BCUT2D eigenvalue weighted by Gasteiger charge is 2.37. The molecule has 6 nitrogen and oxygen atoms in total. The second-order valence-corrected chi connectivity index (χ2v) is 10.2. The van der Waals surface area contributed by atoms with E-state index < -0.39 is 5.92 Å². The lowest BCUT2D eigenvalue weighted by Crippen LogP contribution is -2.43. The number of likely N-dealkylation sites (tertiary alicyclic amines) is 2. The second-order valence-electron chi connectivity index (χ2n) is 10.2. The summed E-state index contributed by atoms with van der Waals surface area (Å²) < 4.78 is 29.2. The van der Waals surface area contributed by atoms with Crippen LogP contribution in [0.5, 0.6) is 0 Å². The normalized spacial score (nSPS) is 23.0. The Morgan fingerprint density at radius 3 is 2.36 bits per heavy atom. The lowest BCUT2D eigenvalue weighted by Gasteiger charge is -2.32. The number of alkyl halides is 2. The summed E-state index contributed by atoms with van der Waals surface area (Å²) in [5.74, 6) is -2.31. The van der Waals surface area contributed by atoms with Crippen molar-refractivity contribution in [2.75, 3.05) is 40.3 Å². The average Bonchev–Trinajstić information content (AvgIpc) is 3.33. The van der Waals surface area contributed by atoms with Gasteiger partial charge in [0.05, 0.1) is 0 Å². The molecule has 1 aromatic carbocycles. The Morgan fingerprint density at radius 1 is 1.00 bits per heavy atom. The van der Waals surface area contributed by atoms with E-state index in [0.29, 0.717) is 23.2 Å². The first-order chi connectivity index (χ1) is 15.7. The van der Waals surface area contributed by atoms with E-state index >= 15 is 0 Å². The zero-order chi connectivity index (χ0) is 23.3. The van der Waals surface area contributed by atoms with Gasteiger partial charge in [-0.2, -0.15) is 0 Å². The molecule has 3 fully saturated rings. The minimum atomic E-state index is -2.69. The summed E-state index contributed by atoms with van der Waals surface area (Å²) in [6, 6.07) is 7.89. The lowest BCUT2D eigenvalue weighted by atomic mass is 10.1. The average molecular weight is 459 g/mol. The molecular formula is C25H32F2N4O2. The number of carbonyl (C=O) groups excluding carboxylic acids is 2. The van der Waals surface area contributed by atoms with Crippen molar-refractivity contribution in [3.05, 3.63) is 35.5 Å². The number of likely N-dealkylation sites (N-methyl/N-ethyl adjacent to an activating group) is 1. The largest absolute Gasteiger partial charge is 0.337 e. The molecule has 1 aromatic heterocycles. The Bertz CT molecular complexity index is 1070. The number of benzene rings is 1. The first-order valence-corrected chi connectivity index (χ1v) is 12.0. The molecule has 33 heavy (non-hydrogen) atoms. The third kappa shape index (κ3) is 4.50. The fourth-order valence-corrected chi connectivity index (χ4v) is 5.07. The zero-order valence-corrected chi connectivity index (χ0v) is 19.4. The molecule has 1 aliphatic carbocycles. The molecule has 0 spiro atoms. The molecule has 0 bridgehead atoms. The van der Waals surface area contributed by atoms with Crippen LogP contribution in [0.4, 0.5) is 8.78 Å². The molecule has 3 heterocycles. The molecule has 1 saturated carbocycles. The van der Waals surface area contributed by atoms with Gasteiger partial charge < -0.3 is 19.3 Å². The fourth-order valence-electron chi connectivity index (χ4n) is 5.07. The Morgan fingerprint density at radius 2 is 1.73 bits per heavy atom. The van der Waals surface area contributed by atoms with Crippen LogP contribution in [0.25, 0.3) is 10.9 Å². The van der Waals surface area contributed by atoms with E-state index in [1.807, 2.05) is 47.8 Å². The summed E-state index contributed by atoms with van der Waals surface area (Å²) in [6.07, 6.45) is 2.67. The van der Waals surface area contributed by atoms with Gasteiger partial charge in [0, 0.05) is 68.1 Å². The van der Waals surface area contributed by atoms with Crippen molar-refractivity contribution in [1.29, 1.82) is 0 Å². The van der Waals surface area contributed by atoms with Crippen molar-refractivity contribution < 1.29 is 18.4 Å². The van der Waals surface area contributed by atoms with Crippen molar-refractivity contribution >= 4 is 22.7 Å². The van der Waals surface area contributed by atoms with Crippen molar-refractivity contribution in [1.82, 2.24) is 19.3 Å². The maximum absolute atomic E-state index is 13.6. The zero-order valence-electron chi connectivity index (χ0n) is 19.4. The molecule has 8 heteroatoms. The Hall–Kier alpha value is -2.48. The first-order valence-electron chi connectivity index (χ1n) is 12.0. The highest BCUT2D eigenvalue weighted by Crippen LogP contribution is 2.35. The van der Waals surface area contributed by atoms with E-state index in [9.17, 15) is 18.4 Å². The number of hydrogen-bond donors (Lipinski definition) is 0. The monoisotopic (exact) mass is 458 g/mol. The van der Waals surface area contributed by atoms with Crippen LogP contribution in [0.2, 0.25) is 0 Å². The summed E-state index contributed by atoms with van der Waals surface area (Å²) in [5, 5.41) is 0.857. The Labute approximate surface area is 193 Å². The maximum Gasteiger partial charge on any atom is 0.270 e. The van der Waals surface area contributed by atoms with E-state index in [1.165, 1.54) is 0 Å². The topological polar surface area (TPSA) is 48.8 Å². The fraction of sp³-hybridized carbons (Fsp3) is 0.600. The number of nitrogens with zero attached hydrogens (tertiary/aromatic N) is 4. The number of piperidine rings is 1. The number of hydrogen-bond acceptors (Lipinski definition) is 3. The molecule has 3 aliphatic rings. The minimum Gasteiger partial charge on any atom is -0.337 e. The van der Waals surface area contributed by atoms with Crippen molar-refractivity contribution in [3.63, 3.8) is 0 Å². The molecule has 1 atom stereocenters.